The van der Waals surface area contributed by atoms with Gasteiger partial charge in [0, 0.05) is 11.6 Å². The topological polar surface area (TPSA) is 101 Å². The number of piperidine rings is 1. The van der Waals surface area contributed by atoms with Crippen molar-refractivity contribution in [2.75, 3.05) is 18.4 Å². The number of carbonyl (C=O) groups is 1. The Kier molecular flexibility index (Phi) is 4.42. The van der Waals surface area contributed by atoms with Crippen LogP contribution in [0.5, 0.6) is 0 Å². The number of anilines is 1. The first-order valence-electron chi connectivity index (χ1n) is 6.53. The SMILES string of the molecule is Cc1ccc(S(N)(=O)=O)cc1NC(=O)C1CCNCC1. The zero-order valence-corrected chi connectivity index (χ0v) is 12.2. The molecule has 1 aromatic rings. The summed E-state index contributed by atoms with van der Waals surface area (Å²) in [7, 11) is -3.76. The van der Waals surface area contributed by atoms with E-state index in [4.69, 9.17) is 5.14 Å². The summed E-state index contributed by atoms with van der Waals surface area (Å²) >= 11 is 0. The summed E-state index contributed by atoms with van der Waals surface area (Å²) in [4.78, 5) is 12.2. The van der Waals surface area contributed by atoms with Crippen LogP contribution in [-0.4, -0.2) is 27.4 Å². The molecule has 1 fully saturated rings. The third kappa shape index (κ3) is 3.56. The Balaban J connectivity index is 2.18. The molecule has 6 nitrogen and oxygen atoms in total. The zero-order chi connectivity index (χ0) is 14.8. The van der Waals surface area contributed by atoms with Crippen LogP contribution in [0.4, 0.5) is 5.69 Å². The van der Waals surface area contributed by atoms with Gasteiger partial charge in [-0.25, -0.2) is 13.6 Å². The molecule has 20 heavy (non-hydrogen) atoms. The first-order valence-corrected chi connectivity index (χ1v) is 8.07. The summed E-state index contributed by atoms with van der Waals surface area (Å²) in [5, 5.41) is 11.1. The minimum atomic E-state index is -3.76. The molecule has 1 aromatic carbocycles. The second-order valence-corrected chi connectivity index (χ2v) is 6.60. The van der Waals surface area contributed by atoms with Crippen molar-refractivity contribution in [1.82, 2.24) is 5.32 Å². The Morgan fingerprint density at radius 3 is 2.60 bits per heavy atom. The first kappa shape index (κ1) is 15.0. The summed E-state index contributed by atoms with van der Waals surface area (Å²) < 4.78 is 22.7. The number of primary sulfonamides is 1. The monoisotopic (exact) mass is 297 g/mol. The van der Waals surface area contributed by atoms with E-state index >= 15 is 0 Å². The van der Waals surface area contributed by atoms with E-state index in [1.165, 1.54) is 12.1 Å². The van der Waals surface area contributed by atoms with Gasteiger partial charge in [-0.05, 0) is 50.6 Å². The molecule has 0 aromatic heterocycles. The lowest BCUT2D eigenvalue weighted by Gasteiger charge is -2.22. The number of hydrogen-bond acceptors (Lipinski definition) is 4. The van der Waals surface area contributed by atoms with Crippen molar-refractivity contribution in [3.63, 3.8) is 0 Å². The fourth-order valence-corrected chi connectivity index (χ4v) is 2.77. The molecule has 1 aliphatic rings. The van der Waals surface area contributed by atoms with Crippen LogP contribution in [0.1, 0.15) is 18.4 Å². The number of hydrogen-bond donors (Lipinski definition) is 3. The lowest BCUT2D eigenvalue weighted by molar-refractivity contribution is -0.120. The molecule has 4 N–H and O–H groups in total. The summed E-state index contributed by atoms with van der Waals surface area (Å²) in [5.74, 6) is -0.102. The van der Waals surface area contributed by atoms with Crippen molar-refractivity contribution in [2.45, 2.75) is 24.7 Å². The second-order valence-electron chi connectivity index (χ2n) is 5.04. The van der Waals surface area contributed by atoms with Gasteiger partial charge in [-0.15, -0.1) is 0 Å². The highest BCUT2D eigenvalue weighted by Crippen LogP contribution is 2.21. The van der Waals surface area contributed by atoms with Crippen LogP contribution in [0.2, 0.25) is 0 Å². The van der Waals surface area contributed by atoms with Crippen molar-refractivity contribution in [2.24, 2.45) is 11.1 Å². The highest BCUT2D eigenvalue weighted by atomic mass is 32.2. The Hall–Kier alpha value is -1.44. The predicted molar refractivity (Wildman–Crippen MR) is 76.8 cm³/mol. The Morgan fingerprint density at radius 1 is 1.35 bits per heavy atom. The largest absolute Gasteiger partial charge is 0.326 e. The maximum atomic E-state index is 12.2. The minimum absolute atomic E-state index is 0.00344. The molecule has 0 bridgehead atoms. The maximum absolute atomic E-state index is 12.2. The molecule has 110 valence electrons. The van der Waals surface area contributed by atoms with Gasteiger partial charge in [0.1, 0.15) is 0 Å². The number of amides is 1. The Labute approximate surface area is 118 Å². The number of nitrogens with two attached hydrogens (primary N) is 1. The third-order valence-corrected chi connectivity index (χ3v) is 4.42. The van der Waals surface area contributed by atoms with Crippen LogP contribution in [0, 0.1) is 12.8 Å². The van der Waals surface area contributed by atoms with Crippen LogP contribution in [-0.2, 0) is 14.8 Å². The Morgan fingerprint density at radius 2 is 2.00 bits per heavy atom. The summed E-state index contributed by atoms with van der Waals surface area (Å²) in [5.41, 5.74) is 1.31. The van der Waals surface area contributed by atoms with E-state index in [0.29, 0.717) is 5.69 Å². The second kappa shape index (κ2) is 5.90. The average Bonchev–Trinajstić information content (AvgIpc) is 2.41. The van der Waals surface area contributed by atoms with E-state index in [1.54, 1.807) is 6.07 Å². The lowest BCUT2D eigenvalue weighted by Crippen LogP contribution is -2.34. The average molecular weight is 297 g/mol. The summed E-state index contributed by atoms with van der Waals surface area (Å²) in [6.45, 7) is 3.47. The molecule has 1 heterocycles. The van der Waals surface area contributed by atoms with E-state index in [1.807, 2.05) is 6.92 Å². The lowest BCUT2D eigenvalue weighted by atomic mass is 9.97. The highest BCUT2D eigenvalue weighted by molar-refractivity contribution is 7.89. The quantitative estimate of drug-likeness (QED) is 0.759. The smallest absolute Gasteiger partial charge is 0.238 e. The minimum Gasteiger partial charge on any atom is -0.326 e. The molecule has 7 heteroatoms. The van der Waals surface area contributed by atoms with E-state index in [-0.39, 0.29) is 16.7 Å². The first-order chi connectivity index (χ1) is 9.38. The molecule has 1 aliphatic heterocycles. The molecule has 1 saturated heterocycles. The molecule has 0 aliphatic carbocycles. The number of rotatable bonds is 3. The van der Waals surface area contributed by atoms with Crippen LogP contribution < -0.4 is 15.8 Å². The van der Waals surface area contributed by atoms with Gasteiger partial charge in [0.15, 0.2) is 0 Å². The summed E-state index contributed by atoms with van der Waals surface area (Å²) in [6.07, 6.45) is 1.58. The van der Waals surface area contributed by atoms with Gasteiger partial charge >= 0.3 is 0 Å². The van der Waals surface area contributed by atoms with Crippen molar-refractivity contribution < 1.29 is 13.2 Å². The van der Waals surface area contributed by atoms with E-state index in [0.717, 1.165) is 31.5 Å². The number of aryl methyl sites for hydroxylation is 1. The molecule has 2 rings (SSSR count). The number of sulfonamides is 1. The standard InChI is InChI=1S/C13H19N3O3S/c1-9-2-3-11(20(14,18)19)8-12(9)16-13(17)10-4-6-15-7-5-10/h2-3,8,10,15H,4-7H2,1H3,(H,16,17)(H2,14,18,19). The van der Waals surface area contributed by atoms with Crippen molar-refractivity contribution in [3.8, 4) is 0 Å². The van der Waals surface area contributed by atoms with Gasteiger partial charge in [0.25, 0.3) is 0 Å². The van der Waals surface area contributed by atoms with Gasteiger partial charge in [0.05, 0.1) is 4.90 Å². The molecule has 0 unspecified atom stereocenters. The van der Waals surface area contributed by atoms with E-state index in [2.05, 4.69) is 10.6 Å². The molecule has 0 spiro atoms. The molecule has 0 radical (unpaired) electrons. The van der Waals surface area contributed by atoms with Gasteiger partial charge in [0.2, 0.25) is 15.9 Å². The number of carbonyl (C=O) groups excluding carboxylic acids is 1. The zero-order valence-electron chi connectivity index (χ0n) is 11.3. The normalized spacial score (nSPS) is 16.9. The molecule has 1 amide bonds. The van der Waals surface area contributed by atoms with Gasteiger partial charge in [-0.1, -0.05) is 6.07 Å². The molecular formula is C13H19N3O3S. The van der Waals surface area contributed by atoms with Crippen molar-refractivity contribution in [3.05, 3.63) is 23.8 Å². The molecular weight excluding hydrogens is 278 g/mol. The third-order valence-electron chi connectivity index (χ3n) is 3.51. The number of benzene rings is 1. The van der Waals surface area contributed by atoms with Gasteiger partial charge in [-0.3, -0.25) is 4.79 Å². The van der Waals surface area contributed by atoms with Crippen molar-refractivity contribution in [1.29, 1.82) is 0 Å². The van der Waals surface area contributed by atoms with Gasteiger partial charge in [-0.2, -0.15) is 0 Å². The van der Waals surface area contributed by atoms with Crippen LogP contribution >= 0.6 is 0 Å². The van der Waals surface area contributed by atoms with Crippen LogP contribution in [0.25, 0.3) is 0 Å². The fraction of sp³-hybridized carbons (Fsp3) is 0.462. The van der Waals surface area contributed by atoms with Crippen molar-refractivity contribution >= 4 is 21.6 Å². The molecule has 0 atom stereocenters. The van der Waals surface area contributed by atoms with Gasteiger partial charge < -0.3 is 10.6 Å². The summed E-state index contributed by atoms with van der Waals surface area (Å²) in [6, 6.07) is 4.48. The number of nitrogens with one attached hydrogen (secondary N) is 2. The fourth-order valence-electron chi connectivity index (χ4n) is 2.23. The maximum Gasteiger partial charge on any atom is 0.238 e. The van der Waals surface area contributed by atoms with E-state index in [9.17, 15) is 13.2 Å². The van der Waals surface area contributed by atoms with E-state index < -0.39 is 10.0 Å². The van der Waals surface area contributed by atoms with Crippen LogP contribution in [0.15, 0.2) is 23.1 Å². The highest BCUT2D eigenvalue weighted by Gasteiger charge is 2.21. The Bertz CT molecular complexity index is 607. The predicted octanol–water partition coefficient (Wildman–Crippen LogP) is 0.581. The van der Waals surface area contributed by atoms with Crippen LogP contribution in [0.3, 0.4) is 0 Å². The molecule has 0 saturated carbocycles.